The van der Waals surface area contributed by atoms with Crippen molar-refractivity contribution in [2.45, 2.75) is 18.9 Å². The molecule has 0 bridgehead atoms. The van der Waals surface area contributed by atoms with E-state index in [2.05, 4.69) is 22.0 Å². The van der Waals surface area contributed by atoms with Crippen molar-refractivity contribution in [3.63, 3.8) is 0 Å². The minimum absolute atomic E-state index is 0.0384. The number of nitriles is 1. The maximum Gasteiger partial charge on any atom is 0.324 e. The van der Waals surface area contributed by atoms with E-state index >= 15 is 0 Å². The van der Waals surface area contributed by atoms with Gasteiger partial charge in [0, 0.05) is 36.7 Å². The Kier molecular flexibility index (Phi) is 5.04. The molecule has 0 aromatic heterocycles. The Morgan fingerprint density at radius 1 is 1.20 bits per heavy atom. The third kappa shape index (κ3) is 3.66. The van der Waals surface area contributed by atoms with Gasteiger partial charge in [-0.05, 0) is 31.0 Å². The Balaban J connectivity index is 1.72. The minimum atomic E-state index is -3.17. The molecule has 3 rings (SSSR count). The van der Waals surface area contributed by atoms with Gasteiger partial charge in [0.1, 0.15) is 6.07 Å². The number of amides is 2. The Bertz CT molecular complexity index is 828. The van der Waals surface area contributed by atoms with Crippen LogP contribution in [0, 0.1) is 11.3 Å². The molecule has 0 atom stereocenters. The molecule has 0 radical (unpaired) electrons. The number of piperidine rings is 1. The van der Waals surface area contributed by atoms with Gasteiger partial charge in [-0.1, -0.05) is 15.9 Å². The van der Waals surface area contributed by atoms with E-state index in [1.165, 1.54) is 10.6 Å². The van der Waals surface area contributed by atoms with E-state index in [4.69, 9.17) is 0 Å². The highest BCUT2D eigenvalue weighted by molar-refractivity contribution is 9.10. The maximum atomic E-state index is 12.8. The maximum absolute atomic E-state index is 12.8. The minimum Gasteiger partial charge on any atom is -0.319 e. The molecule has 1 aromatic rings. The lowest BCUT2D eigenvalue weighted by atomic mass is 10.1. The van der Waals surface area contributed by atoms with Crippen LogP contribution in [0.15, 0.2) is 22.7 Å². The van der Waals surface area contributed by atoms with E-state index in [1.807, 2.05) is 11.0 Å². The van der Waals surface area contributed by atoms with Gasteiger partial charge in [-0.2, -0.15) is 5.26 Å². The summed E-state index contributed by atoms with van der Waals surface area (Å²) in [4.78, 5) is 16.3. The normalized spacial score (nSPS) is 20.1. The summed E-state index contributed by atoms with van der Waals surface area (Å²) >= 11 is 3.34. The van der Waals surface area contributed by atoms with Crippen molar-refractivity contribution in [1.29, 1.82) is 5.26 Å². The average Bonchev–Trinajstić information content (AvgIpc) is 2.95. The summed E-state index contributed by atoms with van der Waals surface area (Å²) in [5, 5.41) is 9.32. The number of sulfonamides is 1. The van der Waals surface area contributed by atoms with Crippen LogP contribution in [0.5, 0.6) is 0 Å². The lowest BCUT2D eigenvalue weighted by Crippen LogP contribution is -2.47. The van der Waals surface area contributed by atoms with E-state index in [9.17, 15) is 18.5 Å². The number of hydrogen-bond donors (Lipinski definition) is 0. The Morgan fingerprint density at radius 2 is 1.88 bits per heavy atom. The number of rotatable bonds is 3. The van der Waals surface area contributed by atoms with E-state index < -0.39 is 10.0 Å². The Labute approximate surface area is 156 Å². The van der Waals surface area contributed by atoms with Crippen molar-refractivity contribution in [1.82, 2.24) is 9.21 Å². The fourth-order valence-corrected chi connectivity index (χ4v) is 4.67. The summed E-state index contributed by atoms with van der Waals surface area (Å²) in [6, 6.07) is 7.35. The van der Waals surface area contributed by atoms with Crippen LogP contribution in [0.4, 0.5) is 10.5 Å². The molecule has 0 spiro atoms. The summed E-state index contributed by atoms with van der Waals surface area (Å²) in [6.07, 6.45) is 2.49. The zero-order valence-electron chi connectivity index (χ0n) is 13.9. The molecular weight excluding hydrogens is 408 g/mol. The van der Waals surface area contributed by atoms with Gasteiger partial charge in [0.15, 0.2) is 0 Å². The summed E-state index contributed by atoms with van der Waals surface area (Å²) in [6.45, 7) is 1.99. The number of benzene rings is 1. The molecule has 0 saturated carbocycles. The molecule has 2 amide bonds. The Hall–Kier alpha value is -1.63. The van der Waals surface area contributed by atoms with Crippen LogP contribution in [0.1, 0.15) is 18.4 Å². The molecule has 2 aliphatic heterocycles. The summed E-state index contributed by atoms with van der Waals surface area (Å²) in [5.41, 5.74) is 1.07. The molecule has 0 unspecified atom stereocenters. The molecule has 2 fully saturated rings. The summed E-state index contributed by atoms with van der Waals surface area (Å²) in [5.74, 6) is 0. The van der Waals surface area contributed by atoms with Gasteiger partial charge in [-0.3, -0.25) is 4.90 Å². The first-order valence-electron chi connectivity index (χ1n) is 8.04. The molecule has 9 heteroatoms. The van der Waals surface area contributed by atoms with Crippen LogP contribution in [-0.4, -0.2) is 62.1 Å². The predicted molar refractivity (Wildman–Crippen MR) is 97.7 cm³/mol. The van der Waals surface area contributed by atoms with E-state index in [1.54, 1.807) is 17.0 Å². The zero-order chi connectivity index (χ0) is 18.2. The molecule has 25 heavy (non-hydrogen) atoms. The van der Waals surface area contributed by atoms with Crippen molar-refractivity contribution in [2.75, 3.05) is 37.3 Å². The monoisotopic (exact) mass is 426 g/mol. The van der Waals surface area contributed by atoms with Crippen LogP contribution in [-0.2, 0) is 10.0 Å². The number of halogens is 1. The highest BCUT2D eigenvalue weighted by atomic mass is 79.9. The van der Waals surface area contributed by atoms with Crippen molar-refractivity contribution >= 4 is 37.7 Å². The standard InChI is InChI=1S/C16H19BrN4O3S/c1-25(23,24)19-6-4-14(5-7-19)20-8-9-21(16(20)22)15-3-2-13(17)10-12(15)11-18/h2-3,10,14H,4-9H2,1H3. The van der Waals surface area contributed by atoms with E-state index in [-0.39, 0.29) is 12.1 Å². The highest BCUT2D eigenvalue weighted by Gasteiger charge is 2.37. The number of hydrogen-bond acceptors (Lipinski definition) is 4. The highest BCUT2D eigenvalue weighted by Crippen LogP contribution is 2.29. The van der Waals surface area contributed by atoms with Gasteiger partial charge >= 0.3 is 6.03 Å². The van der Waals surface area contributed by atoms with Crippen molar-refractivity contribution in [2.24, 2.45) is 0 Å². The van der Waals surface area contributed by atoms with Gasteiger partial charge in [0.05, 0.1) is 17.5 Å². The Morgan fingerprint density at radius 3 is 2.48 bits per heavy atom. The second kappa shape index (κ2) is 6.94. The van der Waals surface area contributed by atoms with Crippen LogP contribution in [0.2, 0.25) is 0 Å². The number of urea groups is 1. The van der Waals surface area contributed by atoms with Crippen LogP contribution in [0.3, 0.4) is 0 Å². The molecule has 0 N–H and O–H groups in total. The summed E-state index contributed by atoms with van der Waals surface area (Å²) < 4.78 is 25.5. The van der Waals surface area contributed by atoms with Gasteiger partial charge in [0.2, 0.25) is 10.0 Å². The largest absolute Gasteiger partial charge is 0.324 e. The topological polar surface area (TPSA) is 84.7 Å². The third-order valence-corrected chi connectivity index (χ3v) is 6.54. The second-order valence-corrected chi connectivity index (χ2v) is 9.19. The first-order chi connectivity index (χ1) is 11.8. The molecular formula is C16H19BrN4O3S. The molecule has 7 nitrogen and oxygen atoms in total. The quantitative estimate of drug-likeness (QED) is 0.739. The van der Waals surface area contributed by atoms with Gasteiger partial charge < -0.3 is 4.90 Å². The van der Waals surface area contributed by atoms with Crippen LogP contribution in [0.25, 0.3) is 0 Å². The average molecular weight is 427 g/mol. The summed E-state index contributed by atoms with van der Waals surface area (Å²) in [7, 11) is -3.17. The lowest BCUT2D eigenvalue weighted by Gasteiger charge is -2.35. The predicted octanol–water partition coefficient (Wildman–Crippen LogP) is 1.99. The second-order valence-electron chi connectivity index (χ2n) is 6.29. The molecule has 2 saturated heterocycles. The molecule has 0 aliphatic carbocycles. The number of carbonyl (C=O) groups is 1. The van der Waals surface area contributed by atoms with Gasteiger partial charge in [0.25, 0.3) is 0 Å². The van der Waals surface area contributed by atoms with Crippen LogP contribution < -0.4 is 4.90 Å². The molecule has 2 heterocycles. The zero-order valence-corrected chi connectivity index (χ0v) is 16.3. The van der Waals surface area contributed by atoms with E-state index in [0.29, 0.717) is 50.3 Å². The SMILES string of the molecule is CS(=O)(=O)N1CCC(N2CCN(c3ccc(Br)cc3C#N)C2=O)CC1. The molecule has 134 valence electrons. The fourth-order valence-electron chi connectivity index (χ4n) is 3.43. The van der Waals surface area contributed by atoms with E-state index in [0.717, 1.165) is 4.47 Å². The third-order valence-electron chi connectivity index (χ3n) is 4.74. The van der Waals surface area contributed by atoms with Gasteiger partial charge in [-0.25, -0.2) is 17.5 Å². The number of nitrogens with zero attached hydrogens (tertiary/aromatic N) is 4. The fraction of sp³-hybridized carbons (Fsp3) is 0.500. The smallest absolute Gasteiger partial charge is 0.319 e. The number of carbonyl (C=O) groups excluding carboxylic acids is 1. The molecule has 1 aromatic carbocycles. The lowest BCUT2D eigenvalue weighted by molar-refractivity contribution is 0.169. The van der Waals surface area contributed by atoms with Crippen molar-refractivity contribution < 1.29 is 13.2 Å². The number of anilines is 1. The van der Waals surface area contributed by atoms with Crippen molar-refractivity contribution in [3.05, 3.63) is 28.2 Å². The van der Waals surface area contributed by atoms with Gasteiger partial charge in [-0.15, -0.1) is 0 Å². The first-order valence-corrected chi connectivity index (χ1v) is 10.7. The van der Waals surface area contributed by atoms with Crippen LogP contribution >= 0.6 is 15.9 Å². The first kappa shape index (κ1) is 18.2. The molecule has 2 aliphatic rings. The van der Waals surface area contributed by atoms with Crippen molar-refractivity contribution in [3.8, 4) is 6.07 Å².